The first-order valence-electron chi connectivity index (χ1n) is 5.16. The van der Waals surface area contributed by atoms with Gasteiger partial charge in [0.1, 0.15) is 6.10 Å². The minimum Gasteiger partial charge on any atom is -0.381 e. The Balaban J connectivity index is 2.26. The van der Waals surface area contributed by atoms with Crippen LogP contribution in [0.5, 0.6) is 0 Å². The summed E-state index contributed by atoms with van der Waals surface area (Å²) in [6.07, 6.45) is -0.577. The van der Waals surface area contributed by atoms with Gasteiger partial charge in [0.2, 0.25) is 0 Å². The van der Waals surface area contributed by atoms with Gasteiger partial charge in [-0.2, -0.15) is 0 Å². The molecule has 2 heterocycles. The second kappa shape index (κ2) is 4.28. The lowest BCUT2D eigenvalue weighted by molar-refractivity contribution is 0.219. The molecule has 0 bridgehead atoms. The van der Waals surface area contributed by atoms with Crippen LogP contribution in [-0.4, -0.2) is 10.1 Å². The lowest BCUT2D eigenvalue weighted by Crippen LogP contribution is -2.11. The van der Waals surface area contributed by atoms with Crippen LogP contribution in [0.15, 0.2) is 22.9 Å². The van der Waals surface area contributed by atoms with Crippen LogP contribution in [0.3, 0.4) is 0 Å². The lowest BCUT2D eigenvalue weighted by Gasteiger charge is -2.14. The maximum absolute atomic E-state index is 10.1. The van der Waals surface area contributed by atoms with Crippen LogP contribution < -0.4 is 0 Å². The van der Waals surface area contributed by atoms with Crippen molar-refractivity contribution < 1.29 is 5.11 Å². The van der Waals surface area contributed by atoms with Crippen LogP contribution in [0.25, 0.3) is 0 Å². The molecule has 2 aromatic heterocycles. The summed E-state index contributed by atoms with van der Waals surface area (Å²) in [5.41, 5.74) is 0.815. The molecule has 2 rings (SSSR count). The summed E-state index contributed by atoms with van der Waals surface area (Å²) >= 11 is 3.17. The fraction of sp³-hybridized carbons (Fsp3) is 0.417. The van der Waals surface area contributed by atoms with Crippen molar-refractivity contribution in [3.05, 3.63) is 38.5 Å². The first-order valence-corrected chi connectivity index (χ1v) is 6.92. The Kier molecular flexibility index (Phi) is 3.15. The smallest absolute Gasteiger partial charge is 0.131 e. The van der Waals surface area contributed by atoms with E-state index in [2.05, 4.69) is 25.8 Å². The molecule has 4 heteroatoms. The van der Waals surface area contributed by atoms with Gasteiger partial charge >= 0.3 is 0 Å². The van der Waals surface area contributed by atoms with Crippen molar-refractivity contribution in [3.8, 4) is 0 Å². The Hall–Kier alpha value is -0.710. The van der Waals surface area contributed by atoms with Gasteiger partial charge in [-0.15, -0.1) is 22.7 Å². The maximum Gasteiger partial charge on any atom is 0.131 e. The first kappa shape index (κ1) is 11.8. The number of aliphatic hydroxyl groups excluding tert-OH is 1. The predicted octanol–water partition coefficient (Wildman–Crippen LogP) is 3.58. The lowest BCUT2D eigenvalue weighted by atomic mass is 9.98. The van der Waals surface area contributed by atoms with Crippen molar-refractivity contribution in [3.63, 3.8) is 0 Å². The van der Waals surface area contributed by atoms with Gasteiger partial charge < -0.3 is 5.11 Å². The zero-order valence-corrected chi connectivity index (χ0v) is 11.2. The summed E-state index contributed by atoms with van der Waals surface area (Å²) in [4.78, 5) is 5.46. The fourth-order valence-corrected chi connectivity index (χ4v) is 3.00. The highest BCUT2D eigenvalue weighted by Crippen LogP contribution is 2.31. The van der Waals surface area contributed by atoms with Crippen molar-refractivity contribution in [2.45, 2.75) is 32.3 Å². The highest BCUT2D eigenvalue weighted by Gasteiger charge is 2.21. The number of thiazole rings is 1. The van der Waals surface area contributed by atoms with E-state index >= 15 is 0 Å². The third-order valence-corrected chi connectivity index (χ3v) is 4.47. The summed E-state index contributed by atoms with van der Waals surface area (Å²) in [7, 11) is 0. The van der Waals surface area contributed by atoms with E-state index in [9.17, 15) is 5.11 Å². The molecule has 0 aliphatic rings. The van der Waals surface area contributed by atoms with E-state index in [1.165, 1.54) is 0 Å². The van der Waals surface area contributed by atoms with Crippen LogP contribution in [-0.2, 0) is 5.41 Å². The monoisotopic (exact) mass is 253 g/mol. The molecule has 0 radical (unpaired) electrons. The maximum atomic E-state index is 10.1. The molecule has 0 spiro atoms. The Morgan fingerprint density at radius 1 is 1.31 bits per heavy atom. The Morgan fingerprint density at radius 2 is 2.06 bits per heavy atom. The van der Waals surface area contributed by atoms with Crippen LogP contribution >= 0.6 is 22.7 Å². The van der Waals surface area contributed by atoms with E-state index in [1.807, 2.05) is 22.9 Å². The summed E-state index contributed by atoms with van der Waals surface area (Å²) in [6, 6.07) is 3.88. The molecule has 0 aliphatic carbocycles. The number of hydrogen-bond acceptors (Lipinski definition) is 4. The molecule has 0 amide bonds. The van der Waals surface area contributed by atoms with Gasteiger partial charge in [-0.1, -0.05) is 26.8 Å². The van der Waals surface area contributed by atoms with Crippen molar-refractivity contribution in [1.82, 2.24) is 4.98 Å². The molecule has 2 nitrogen and oxygen atoms in total. The summed E-state index contributed by atoms with van der Waals surface area (Å²) in [6.45, 7) is 6.40. The van der Waals surface area contributed by atoms with Crippen molar-refractivity contribution in [2.75, 3.05) is 0 Å². The topological polar surface area (TPSA) is 33.1 Å². The Bertz CT molecular complexity index is 454. The fourth-order valence-electron chi connectivity index (χ4n) is 1.35. The molecule has 0 saturated heterocycles. The van der Waals surface area contributed by atoms with Gasteiger partial charge in [0, 0.05) is 15.7 Å². The standard InChI is InChI=1S/C12H15NOS2/c1-12(2,3)11-13-8(7-16-11)10(14)9-5-4-6-15-9/h4-7,10,14H,1-3H3. The zero-order chi connectivity index (χ0) is 11.8. The van der Waals surface area contributed by atoms with E-state index in [0.29, 0.717) is 0 Å². The van der Waals surface area contributed by atoms with E-state index < -0.39 is 6.10 Å². The van der Waals surface area contributed by atoms with Crippen LogP contribution in [0.1, 0.15) is 42.5 Å². The van der Waals surface area contributed by atoms with Crippen LogP contribution in [0, 0.1) is 0 Å². The normalized spacial score (nSPS) is 14.0. The van der Waals surface area contributed by atoms with Gasteiger partial charge in [-0.3, -0.25) is 0 Å². The number of aromatic nitrogens is 1. The number of aliphatic hydroxyl groups is 1. The average molecular weight is 253 g/mol. The summed E-state index contributed by atoms with van der Waals surface area (Å²) in [5, 5.41) is 15.1. The number of thiophene rings is 1. The van der Waals surface area contributed by atoms with E-state index in [-0.39, 0.29) is 5.41 Å². The molecule has 2 aromatic rings. The minimum absolute atomic E-state index is 0.0537. The number of hydrogen-bond donors (Lipinski definition) is 1. The summed E-state index contributed by atoms with van der Waals surface area (Å²) < 4.78 is 0. The molecule has 0 aromatic carbocycles. The molecular weight excluding hydrogens is 238 g/mol. The minimum atomic E-state index is -0.577. The number of nitrogens with zero attached hydrogens (tertiary/aromatic N) is 1. The van der Waals surface area contributed by atoms with Gasteiger partial charge in [-0.25, -0.2) is 4.98 Å². The second-order valence-electron chi connectivity index (χ2n) is 4.75. The van der Waals surface area contributed by atoms with Gasteiger partial charge in [0.05, 0.1) is 10.7 Å². The van der Waals surface area contributed by atoms with Crippen LogP contribution in [0.2, 0.25) is 0 Å². The van der Waals surface area contributed by atoms with E-state index in [1.54, 1.807) is 22.7 Å². The summed E-state index contributed by atoms with van der Waals surface area (Å²) in [5.74, 6) is 0. The Labute approximate surface area is 104 Å². The van der Waals surface area contributed by atoms with Gasteiger partial charge in [0.25, 0.3) is 0 Å². The molecule has 0 aliphatic heterocycles. The largest absolute Gasteiger partial charge is 0.381 e. The zero-order valence-electron chi connectivity index (χ0n) is 9.60. The van der Waals surface area contributed by atoms with Crippen molar-refractivity contribution in [2.24, 2.45) is 0 Å². The SMILES string of the molecule is CC(C)(C)c1nc(C(O)c2cccs2)cs1. The second-order valence-corrected chi connectivity index (χ2v) is 6.58. The molecule has 1 unspecified atom stereocenters. The molecule has 0 saturated carbocycles. The third kappa shape index (κ3) is 2.34. The van der Waals surface area contributed by atoms with Crippen molar-refractivity contribution >= 4 is 22.7 Å². The third-order valence-electron chi connectivity index (χ3n) is 2.26. The van der Waals surface area contributed by atoms with Gasteiger partial charge in [0.15, 0.2) is 0 Å². The average Bonchev–Trinajstić information content (AvgIpc) is 2.87. The number of rotatable bonds is 2. The highest BCUT2D eigenvalue weighted by molar-refractivity contribution is 7.10. The van der Waals surface area contributed by atoms with Crippen molar-refractivity contribution in [1.29, 1.82) is 0 Å². The Morgan fingerprint density at radius 3 is 2.56 bits per heavy atom. The highest BCUT2D eigenvalue weighted by atomic mass is 32.1. The van der Waals surface area contributed by atoms with Gasteiger partial charge in [-0.05, 0) is 11.4 Å². The molecule has 1 atom stereocenters. The molecule has 1 N–H and O–H groups in total. The molecule has 16 heavy (non-hydrogen) atoms. The molecular formula is C12H15NOS2. The predicted molar refractivity (Wildman–Crippen MR) is 69.2 cm³/mol. The van der Waals surface area contributed by atoms with E-state index in [0.717, 1.165) is 15.6 Å². The molecule has 86 valence electrons. The molecule has 0 fully saturated rings. The quantitative estimate of drug-likeness (QED) is 0.887. The van der Waals surface area contributed by atoms with E-state index in [4.69, 9.17) is 0 Å². The van der Waals surface area contributed by atoms with Crippen LogP contribution in [0.4, 0.5) is 0 Å². The first-order chi connectivity index (χ1) is 7.48.